The number of aromatic nitrogens is 2. The Morgan fingerprint density at radius 2 is 2.24 bits per heavy atom. The van der Waals surface area contributed by atoms with Gasteiger partial charge < -0.3 is 24.3 Å². The van der Waals surface area contributed by atoms with E-state index in [-0.39, 0.29) is 30.6 Å². The molecule has 8 heteroatoms. The van der Waals surface area contributed by atoms with Gasteiger partial charge in [-0.05, 0) is 38.3 Å². The normalized spacial score (nSPS) is 23.0. The van der Waals surface area contributed by atoms with Crippen LogP contribution in [0, 0.1) is 12.8 Å². The number of carbonyl (C=O) groups excluding carboxylic acids is 1. The number of ether oxygens (including phenoxy) is 2. The molecule has 2 aliphatic rings. The van der Waals surface area contributed by atoms with Crippen molar-refractivity contribution in [2.45, 2.75) is 51.5 Å². The molecule has 4 heterocycles. The van der Waals surface area contributed by atoms with Crippen LogP contribution in [0.5, 0.6) is 5.75 Å². The van der Waals surface area contributed by atoms with E-state index in [2.05, 4.69) is 15.5 Å². The van der Waals surface area contributed by atoms with Crippen LogP contribution in [0.25, 0.3) is 10.9 Å². The number of carbonyl (C=O) groups is 1. The molecule has 5 rings (SSSR count). The van der Waals surface area contributed by atoms with E-state index >= 15 is 0 Å². The molecule has 2 N–H and O–H groups in total. The smallest absolute Gasteiger partial charge is 0.226 e. The Kier molecular flexibility index (Phi) is 4.72. The highest BCUT2D eigenvalue weighted by atomic mass is 35.5. The van der Waals surface area contributed by atoms with Gasteiger partial charge in [0.15, 0.2) is 5.76 Å². The number of nitrogens with zero attached hydrogens (tertiary/aromatic N) is 1. The molecule has 0 unspecified atom stereocenters. The molecule has 2 saturated heterocycles. The van der Waals surface area contributed by atoms with Crippen LogP contribution in [0.1, 0.15) is 36.4 Å². The lowest BCUT2D eigenvalue weighted by Crippen LogP contribution is -2.35. The van der Waals surface area contributed by atoms with Crippen molar-refractivity contribution in [2.24, 2.45) is 5.92 Å². The van der Waals surface area contributed by atoms with Crippen molar-refractivity contribution in [2.75, 3.05) is 0 Å². The molecule has 0 radical (unpaired) electrons. The number of hydrogen-bond donors (Lipinski definition) is 2. The van der Waals surface area contributed by atoms with Gasteiger partial charge >= 0.3 is 0 Å². The second-order valence-corrected chi connectivity index (χ2v) is 8.23. The Bertz CT molecular complexity index is 1060. The number of halogens is 1. The molecule has 1 aromatic carbocycles. The maximum Gasteiger partial charge on any atom is 0.226 e. The van der Waals surface area contributed by atoms with E-state index in [1.807, 2.05) is 31.2 Å². The van der Waals surface area contributed by atoms with Crippen LogP contribution in [0.4, 0.5) is 0 Å². The first-order valence-corrected chi connectivity index (χ1v) is 10.2. The Morgan fingerprint density at radius 3 is 2.97 bits per heavy atom. The number of aromatic amines is 1. The fourth-order valence-electron chi connectivity index (χ4n) is 4.26. The summed E-state index contributed by atoms with van der Waals surface area (Å²) in [5.74, 6) is 1.25. The van der Waals surface area contributed by atoms with Crippen molar-refractivity contribution < 1.29 is 18.8 Å². The second kappa shape index (κ2) is 7.39. The minimum absolute atomic E-state index is 0.0210. The zero-order valence-electron chi connectivity index (χ0n) is 16.0. The molecule has 2 aromatic heterocycles. The summed E-state index contributed by atoms with van der Waals surface area (Å²) < 4.78 is 16.7. The standard InChI is InChI=1S/C21H22ClN3O4/c1-11-4-15(29-25-11)10-27-20-8-18-12(6-17(20)22)5-13(24-18)9-23-21(26)16-7-14-2-3-19(16)28-14/h4-6,8,14,16,19,24H,2-3,7,9-10H2,1H3,(H,23,26)/t14-,16-,19+/m0/s1. The molecule has 0 aliphatic carbocycles. The summed E-state index contributed by atoms with van der Waals surface area (Å²) >= 11 is 6.36. The van der Waals surface area contributed by atoms with E-state index in [1.165, 1.54) is 0 Å². The van der Waals surface area contributed by atoms with Crippen LogP contribution >= 0.6 is 11.6 Å². The van der Waals surface area contributed by atoms with Gasteiger partial charge in [-0.2, -0.15) is 0 Å². The number of amides is 1. The van der Waals surface area contributed by atoms with Crippen molar-refractivity contribution in [1.29, 1.82) is 0 Å². The predicted molar refractivity (Wildman–Crippen MR) is 107 cm³/mol. The lowest BCUT2D eigenvalue weighted by atomic mass is 9.88. The quantitative estimate of drug-likeness (QED) is 0.637. The fraction of sp³-hybridized carbons (Fsp3) is 0.429. The van der Waals surface area contributed by atoms with Gasteiger partial charge in [-0.3, -0.25) is 4.79 Å². The third-order valence-electron chi connectivity index (χ3n) is 5.67. The van der Waals surface area contributed by atoms with Crippen molar-refractivity contribution >= 4 is 28.4 Å². The Labute approximate surface area is 172 Å². The van der Waals surface area contributed by atoms with Crippen LogP contribution in [-0.2, 0) is 22.7 Å². The van der Waals surface area contributed by atoms with Crippen molar-refractivity contribution in [3.8, 4) is 5.75 Å². The second-order valence-electron chi connectivity index (χ2n) is 7.82. The number of fused-ring (bicyclic) bond motifs is 3. The zero-order chi connectivity index (χ0) is 20.0. The molecule has 3 aromatic rings. The Balaban J connectivity index is 1.24. The number of nitrogens with one attached hydrogen (secondary N) is 2. The van der Waals surface area contributed by atoms with Gasteiger partial charge in [-0.15, -0.1) is 0 Å². The lowest BCUT2D eigenvalue weighted by molar-refractivity contribution is -0.126. The number of aryl methyl sites for hydroxylation is 1. The molecular formula is C21H22ClN3O4. The van der Waals surface area contributed by atoms with Crippen LogP contribution in [-0.4, -0.2) is 28.3 Å². The summed E-state index contributed by atoms with van der Waals surface area (Å²) in [7, 11) is 0. The molecule has 29 heavy (non-hydrogen) atoms. The highest BCUT2D eigenvalue weighted by Gasteiger charge is 2.44. The average Bonchev–Trinajstić information content (AvgIpc) is 3.48. The van der Waals surface area contributed by atoms with Gasteiger partial charge in [0.05, 0.1) is 35.4 Å². The monoisotopic (exact) mass is 415 g/mol. The minimum Gasteiger partial charge on any atom is -0.484 e. The third kappa shape index (κ3) is 3.72. The molecule has 2 bridgehead atoms. The Morgan fingerprint density at radius 1 is 1.34 bits per heavy atom. The van der Waals surface area contributed by atoms with E-state index in [0.29, 0.717) is 23.1 Å². The first-order chi connectivity index (χ1) is 14.0. The maximum absolute atomic E-state index is 12.5. The number of hydrogen-bond acceptors (Lipinski definition) is 5. The van der Waals surface area contributed by atoms with E-state index in [9.17, 15) is 4.79 Å². The highest BCUT2D eigenvalue weighted by Crippen LogP contribution is 2.38. The topological polar surface area (TPSA) is 89.4 Å². The van der Waals surface area contributed by atoms with Crippen molar-refractivity contribution in [1.82, 2.24) is 15.5 Å². The van der Waals surface area contributed by atoms with Gasteiger partial charge in [0.1, 0.15) is 12.4 Å². The Hall–Kier alpha value is -2.51. The SMILES string of the molecule is Cc1cc(COc2cc3[nH]c(CNC(=O)[C@H]4C[C@@H]5CC[C@H]4O5)cc3cc2Cl)on1. The summed E-state index contributed by atoms with van der Waals surface area (Å²) in [5.41, 5.74) is 2.61. The minimum atomic E-state index is -0.0210. The third-order valence-corrected chi connectivity index (χ3v) is 5.97. The molecule has 152 valence electrons. The first kappa shape index (κ1) is 18.5. The summed E-state index contributed by atoms with van der Waals surface area (Å²) in [6, 6.07) is 7.52. The maximum atomic E-state index is 12.5. The molecule has 7 nitrogen and oxygen atoms in total. The van der Waals surface area contributed by atoms with Crippen LogP contribution < -0.4 is 10.1 Å². The van der Waals surface area contributed by atoms with Gasteiger partial charge in [0.25, 0.3) is 0 Å². The van der Waals surface area contributed by atoms with Gasteiger partial charge in [-0.25, -0.2) is 0 Å². The molecule has 0 spiro atoms. The molecule has 1 amide bonds. The van der Waals surface area contributed by atoms with E-state index in [0.717, 1.165) is 41.6 Å². The van der Waals surface area contributed by atoms with Crippen molar-refractivity contribution in [3.05, 3.63) is 46.4 Å². The fourth-order valence-corrected chi connectivity index (χ4v) is 4.49. The van der Waals surface area contributed by atoms with Crippen LogP contribution in [0.15, 0.2) is 28.8 Å². The molecule has 2 fully saturated rings. The summed E-state index contributed by atoms with van der Waals surface area (Å²) in [6.45, 7) is 2.55. The van der Waals surface area contributed by atoms with E-state index in [1.54, 1.807) is 0 Å². The summed E-state index contributed by atoms with van der Waals surface area (Å²) in [5, 5.41) is 8.35. The number of benzene rings is 1. The molecular weight excluding hydrogens is 394 g/mol. The number of rotatable bonds is 6. The largest absolute Gasteiger partial charge is 0.484 e. The first-order valence-electron chi connectivity index (χ1n) is 9.84. The summed E-state index contributed by atoms with van der Waals surface area (Å²) in [6.07, 6.45) is 3.27. The zero-order valence-corrected chi connectivity index (χ0v) is 16.8. The molecule has 3 atom stereocenters. The van der Waals surface area contributed by atoms with Gasteiger partial charge in [-0.1, -0.05) is 16.8 Å². The highest BCUT2D eigenvalue weighted by molar-refractivity contribution is 6.32. The average molecular weight is 416 g/mol. The number of H-pyrrole nitrogens is 1. The molecule has 2 aliphatic heterocycles. The van der Waals surface area contributed by atoms with E-state index < -0.39 is 0 Å². The van der Waals surface area contributed by atoms with Gasteiger partial charge in [0, 0.05) is 28.7 Å². The van der Waals surface area contributed by atoms with Crippen LogP contribution in [0.3, 0.4) is 0 Å². The van der Waals surface area contributed by atoms with Crippen LogP contribution in [0.2, 0.25) is 5.02 Å². The lowest BCUT2D eigenvalue weighted by Gasteiger charge is -2.17. The summed E-state index contributed by atoms with van der Waals surface area (Å²) in [4.78, 5) is 15.8. The molecule has 0 saturated carbocycles. The van der Waals surface area contributed by atoms with Crippen molar-refractivity contribution in [3.63, 3.8) is 0 Å². The predicted octanol–water partition coefficient (Wildman–Crippen LogP) is 3.88. The van der Waals surface area contributed by atoms with Gasteiger partial charge in [0.2, 0.25) is 5.91 Å². The van der Waals surface area contributed by atoms with E-state index in [4.69, 9.17) is 25.6 Å².